The molecule has 1 aliphatic heterocycles. The van der Waals surface area contributed by atoms with E-state index < -0.39 is 12.2 Å². The molecule has 1 unspecified atom stereocenters. The Kier molecular flexibility index (Phi) is 6.15. The van der Waals surface area contributed by atoms with Gasteiger partial charge in [0.2, 0.25) is 0 Å². The number of alkyl halides is 3. The van der Waals surface area contributed by atoms with Crippen LogP contribution < -0.4 is 0 Å². The van der Waals surface area contributed by atoms with Crippen molar-refractivity contribution in [2.45, 2.75) is 77.9 Å². The highest BCUT2D eigenvalue weighted by atomic mass is 19.4. The summed E-state index contributed by atoms with van der Waals surface area (Å²) in [6.07, 6.45) is 2.36. The average molecular weight is 279 g/mol. The van der Waals surface area contributed by atoms with Crippen LogP contribution >= 0.6 is 0 Å². The van der Waals surface area contributed by atoms with Gasteiger partial charge in [0.15, 0.2) is 0 Å². The summed E-state index contributed by atoms with van der Waals surface area (Å²) in [6, 6.07) is -1.20. The van der Waals surface area contributed by atoms with E-state index in [4.69, 9.17) is 0 Å². The van der Waals surface area contributed by atoms with E-state index in [9.17, 15) is 13.2 Å². The molecule has 0 aliphatic carbocycles. The van der Waals surface area contributed by atoms with Crippen LogP contribution in [0.2, 0.25) is 0 Å². The number of rotatable bonds is 7. The Balaban J connectivity index is 2.58. The number of hydrogen-bond donors (Lipinski definition) is 0. The molecule has 1 nitrogen and oxygen atoms in total. The van der Waals surface area contributed by atoms with Crippen LogP contribution in [-0.4, -0.2) is 30.2 Å². The van der Waals surface area contributed by atoms with Gasteiger partial charge in [-0.2, -0.15) is 13.2 Å². The summed E-state index contributed by atoms with van der Waals surface area (Å²) in [7, 11) is 0. The number of hydrogen-bond acceptors (Lipinski definition) is 1. The van der Waals surface area contributed by atoms with Crippen LogP contribution in [0.25, 0.3) is 0 Å². The van der Waals surface area contributed by atoms with Crippen molar-refractivity contribution in [3.8, 4) is 0 Å². The van der Waals surface area contributed by atoms with Gasteiger partial charge in [-0.1, -0.05) is 40.0 Å². The van der Waals surface area contributed by atoms with Crippen molar-refractivity contribution in [2.75, 3.05) is 13.1 Å². The van der Waals surface area contributed by atoms with Gasteiger partial charge in [0.25, 0.3) is 0 Å². The fourth-order valence-corrected chi connectivity index (χ4v) is 3.05. The summed E-state index contributed by atoms with van der Waals surface area (Å²) in [4.78, 5) is 1.68. The molecular weight excluding hydrogens is 251 g/mol. The van der Waals surface area contributed by atoms with Gasteiger partial charge in [0, 0.05) is 6.54 Å². The molecule has 19 heavy (non-hydrogen) atoms. The van der Waals surface area contributed by atoms with E-state index in [2.05, 4.69) is 20.8 Å². The lowest BCUT2D eigenvalue weighted by molar-refractivity contribution is -0.179. The van der Waals surface area contributed by atoms with Gasteiger partial charge in [0.1, 0.15) is 6.04 Å². The Morgan fingerprint density at radius 3 is 2.37 bits per heavy atom. The van der Waals surface area contributed by atoms with E-state index in [1.807, 2.05) is 0 Å². The first-order valence-corrected chi connectivity index (χ1v) is 7.63. The van der Waals surface area contributed by atoms with Crippen LogP contribution in [0.15, 0.2) is 0 Å². The monoisotopic (exact) mass is 279 g/mol. The fourth-order valence-electron chi connectivity index (χ4n) is 3.05. The van der Waals surface area contributed by atoms with Gasteiger partial charge >= 0.3 is 6.18 Å². The van der Waals surface area contributed by atoms with E-state index >= 15 is 0 Å². The van der Waals surface area contributed by atoms with Crippen molar-refractivity contribution in [3.05, 3.63) is 0 Å². The summed E-state index contributed by atoms with van der Waals surface area (Å²) in [5, 5.41) is 0. The van der Waals surface area contributed by atoms with E-state index in [1.165, 1.54) is 6.42 Å². The fraction of sp³-hybridized carbons (Fsp3) is 1.00. The molecule has 0 aromatic heterocycles. The zero-order chi connectivity index (χ0) is 14.5. The van der Waals surface area contributed by atoms with Crippen LogP contribution in [0.4, 0.5) is 13.2 Å². The van der Waals surface area contributed by atoms with Gasteiger partial charge in [-0.3, -0.25) is 4.90 Å². The topological polar surface area (TPSA) is 3.24 Å². The van der Waals surface area contributed by atoms with Crippen molar-refractivity contribution in [3.63, 3.8) is 0 Å². The van der Waals surface area contributed by atoms with E-state index in [0.717, 1.165) is 25.7 Å². The molecule has 0 bridgehead atoms. The Hall–Kier alpha value is -0.250. The number of halogens is 3. The molecule has 1 heterocycles. The molecule has 0 spiro atoms. The van der Waals surface area contributed by atoms with Crippen molar-refractivity contribution in [2.24, 2.45) is 5.41 Å². The smallest absolute Gasteiger partial charge is 0.292 e. The van der Waals surface area contributed by atoms with Gasteiger partial charge in [0.05, 0.1) is 0 Å². The average Bonchev–Trinajstić information content (AvgIpc) is 2.77. The minimum absolute atomic E-state index is 0.0308. The molecule has 0 aromatic rings. The van der Waals surface area contributed by atoms with Gasteiger partial charge in [-0.15, -0.1) is 0 Å². The van der Waals surface area contributed by atoms with E-state index in [1.54, 1.807) is 4.90 Å². The molecule has 1 rings (SSSR count). The second kappa shape index (κ2) is 6.96. The zero-order valence-electron chi connectivity index (χ0n) is 12.5. The molecule has 0 N–H and O–H groups in total. The van der Waals surface area contributed by atoms with Crippen LogP contribution in [0.5, 0.6) is 0 Å². The van der Waals surface area contributed by atoms with Crippen LogP contribution in [-0.2, 0) is 0 Å². The highest BCUT2D eigenvalue weighted by Gasteiger charge is 2.46. The summed E-state index contributed by atoms with van der Waals surface area (Å²) in [5.41, 5.74) is 0.0308. The molecule has 2 atom stereocenters. The maximum Gasteiger partial charge on any atom is 0.404 e. The summed E-state index contributed by atoms with van der Waals surface area (Å²) in [5.74, 6) is 0. The Morgan fingerprint density at radius 1 is 1.16 bits per heavy atom. The molecule has 114 valence electrons. The van der Waals surface area contributed by atoms with Crippen molar-refractivity contribution >= 4 is 0 Å². The SMILES string of the molecule is CCCCCC(C)(CC)CN1CCC[C@H]1C(F)(F)F. The molecule has 0 saturated carbocycles. The molecule has 0 aromatic carbocycles. The zero-order valence-corrected chi connectivity index (χ0v) is 12.5. The third-order valence-electron chi connectivity index (χ3n) is 4.56. The van der Waals surface area contributed by atoms with E-state index in [0.29, 0.717) is 19.5 Å². The largest absolute Gasteiger partial charge is 0.404 e. The lowest BCUT2D eigenvalue weighted by Gasteiger charge is -2.36. The predicted octanol–water partition coefficient (Wildman–Crippen LogP) is 5.01. The van der Waals surface area contributed by atoms with E-state index in [-0.39, 0.29) is 11.8 Å². The summed E-state index contributed by atoms with van der Waals surface area (Å²) < 4.78 is 38.9. The molecule has 0 amide bonds. The lowest BCUT2D eigenvalue weighted by atomic mass is 9.81. The number of unbranched alkanes of at least 4 members (excludes halogenated alkanes) is 2. The van der Waals surface area contributed by atoms with Gasteiger partial charge in [-0.05, 0) is 37.6 Å². The third-order valence-corrected chi connectivity index (χ3v) is 4.56. The molecule has 4 heteroatoms. The van der Waals surface area contributed by atoms with Crippen molar-refractivity contribution in [1.29, 1.82) is 0 Å². The predicted molar refractivity (Wildman–Crippen MR) is 73.2 cm³/mol. The quantitative estimate of drug-likeness (QED) is 0.592. The van der Waals surface area contributed by atoms with Crippen molar-refractivity contribution < 1.29 is 13.2 Å². The van der Waals surface area contributed by atoms with Crippen LogP contribution in [0.3, 0.4) is 0 Å². The lowest BCUT2D eigenvalue weighted by Crippen LogP contribution is -2.45. The summed E-state index contributed by atoms with van der Waals surface area (Å²) in [6.45, 7) is 7.60. The molecule has 1 aliphatic rings. The first kappa shape index (κ1) is 16.8. The minimum atomic E-state index is -4.06. The van der Waals surface area contributed by atoms with Crippen molar-refractivity contribution in [1.82, 2.24) is 4.90 Å². The second-order valence-corrected chi connectivity index (χ2v) is 6.29. The van der Waals surface area contributed by atoms with Gasteiger partial charge < -0.3 is 0 Å². The first-order valence-electron chi connectivity index (χ1n) is 7.63. The molecule has 1 saturated heterocycles. The van der Waals surface area contributed by atoms with Gasteiger partial charge in [-0.25, -0.2) is 0 Å². The standard InChI is InChI=1S/C15H28F3N/c1-4-6-7-10-14(3,5-2)12-19-11-8-9-13(19)15(16,17)18/h13H,4-12H2,1-3H3/t13-,14?/m0/s1. The Bertz CT molecular complexity index is 265. The first-order chi connectivity index (χ1) is 8.82. The normalized spacial score (nSPS) is 24.6. The maximum absolute atomic E-state index is 13.0. The molecular formula is C15H28F3N. The highest BCUT2D eigenvalue weighted by molar-refractivity contribution is 4.89. The second-order valence-electron chi connectivity index (χ2n) is 6.29. The Labute approximate surface area is 115 Å². The number of nitrogens with zero attached hydrogens (tertiary/aromatic N) is 1. The highest BCUT2D eigenvalue weighted by Crippen LogP contribution is 2.37. The van der Waals surface area contributed by atoms with Crippen LogP contribution in [0.1, 0.15) is 65.7 Å². The van der Waals surface area contributed by atoms with Crippen LogP contribution in [0, 0.1) is 5.41 Å². The summed E-state index contributed by atoms with van der Waals surface area (Å²) >= 11 is 0. The number of likely N-dealkylation sites (tertiary alicyclic amines) is 1. The third kappa shape index (κ3) is 4.97. The molecule has 0 radical (unpaired) electrons. The Morgan fingerprint density at radius 2 is 1.84 bits per heavy atom. The maximum atomic E-state index is 13.0. The molecule has 1 fully saturated rings. The minimum Gasteiger partial charge on any atom is -0.292 e.